The maximum absolute atomic E-state index is 12.7. The molecular weight excluding hydrogens is 464 g/mol. The predicted molar refractivity (Wildman–Crippen MR) is 153 cm³/mol. The summed E-state index contributed by atoms with van der Waals surface area (Å²) < 4.78 is 12.4. The molecule has 0 heterocycles. The molecule has 0 aromatic heterocycles. The van der Waals surface area contributed by atoms with Crippen LogP contribution in [0.5, 0.6) is 5.75 Å². The summed E-state index contributed by atoms with van der Waals surface area (Å²) in [6, 6.07) is 7.43. The Morgan fingerprint density at radius 2 is 1.86 bits per heavy atom. The van der Waals surface area contributed by atoms with Gasteiger partial charge in [0, 0.05) is 20.1 Å². The van der Waals surface area contributed by atoms with E-state index < -0.39 is 22.5 Å². The van der Waals surface area contributed by atoms with Gasteiger partial charge < -0.3 is 14.6 Å². The number of benzene rings is 1. The van der Waals surface area contributed by atoms with E-state index >= 15 is 0 Å². The Morgan fingerprint density at radius 1 is 1.14 bits per heavy atom. The van der Waals surface area contributed by atoms with Crippen LogP contribution in [-0.4, -0.2) is 47.4 Å². The van der Waals surface area contributed by atoms with Crippen LogP contribution in [0.2, 0.25) is 43.8 Å². The van der Waals surface area contributed by atoms with Crippen LogP contribution in [0.1, 0.15) is 64.0 Å². The van der Waals surface area contributed by atoms with Gasteiger partial charge in [-0.15, -0.1) is 0 Å². The summed E-state index contributed by atoms with van der Waals surface area (Å²) in [6.07, 6.45) is 6.60. The summed E-state index contributed by atoms with van der Waals surface area (Å²) in [5, 5.41) is 13.0. The molecule has 5 heteroatoms. The van der Waals surface area contributed by atoms with E-state index in [1.165, 1.54) is 23.1 Å². The standard InChI is InChI=1S/C30H49O3Si2/c1-10-29-18-30(31,20-35(7,8)9)27-23-14-12-22(32-4)17-21(23)11-13-24(27)25(29)15-16-26(29)33-19-28(2,3)34(5)6/h12,14,17,25-26,31H,10-11,13,15-16,18-20H2,1-9H3/t25-,26-,29-,30+/m0/s1. The summed E-state index contributed by atoms with van der Waals surface area (Å²) in [5.74, 6) is 1.45. The van der Waals surface area contributed by atoms with E-state index in [2.05, 4.69) is 71.7 Å². The van der Waals surface area contributed by atoms with Crippen molar-refractivity contribution in [3.05, 3.63) is 34.9 Å². The van der Waals surface area contributed by atoms with Crippen LogP contribution >= 0.6 is 0 Å². The predicted octanol–water partition coefficient (Wildman–Crippen LogP) is 7.59. The maximum Gasteiger partial charge on any atom is 0.119 e. The Morgan fingerprint density at radius 3 is 2.46 bits per heavy atom. The van der Waals surface area contributed by atoms with Gasteiger partial charge in [0.1, 0.15) is 5.75 Å². The molecule has 1 saturated carbocycles. The number of fused-ring (bicyclic) bond motifs is 4. The third kappa shape index (κ3) is 4.87. The van der Waals surface area contributed by atoms with Crippen molar-refractivity contribution in [2.45, 2.75) is 115 Å². The fourth-order valence-electron chi connectivity index (χ4n) is 7.45. The molecular formula is C30H49O3Si2. The molecule has 1 fully saturated rings. The summed E-state index contributed by atoms with van der Waals surface area (Å²) in [5.41, 5.74) is 4.73. The number of hydrogen-bond acceptors (Lipinski definition) is 3. The van der Waals surface area contributed by atoms with Crippen molar-refractivity contribution in [3.63, 3.8) is 0 Å². The van der Waals surface area contributed by atoms with Crippen molar-refractivity contribution in [1.29, 1.82) is 0 Å². The summed E-state index contributed by atoms with van der Waals surface area (Å²) in [6.45, 7) is 20.0. The molecule has 1 aromatic carbocycles. The van der Waals surface area contributed by atoms with E-state index in [4.69, 9.17) is 9.47 Å². The molecule has 0 amide bonds. The van der Waals surface area contributed by atoms with Crippen LogP contribution in [0, 0.1) is 11.3 Å². The normalized spacial score (nSPS) is 30.8. The third-order valence-electron chi connectivity index (χ3n) is 9.61. The molecule has 1 aromatic rings. The number of allylic oxidation sites excluding steroid dienone is 1. The zero-order chi connectivity index (χ0) is 25.8. The highest BCUT2D eigenvalue weighted by atomic mass is 28.3. The van der Waals surface area contributed by atoms with Crippen molar-refractivity contribution in [2.24, 2.45) is 11.3 Å². The smallest absolute Gasteiger partial charge is 0.119 e. The van der Waals surface area contributed by atoms with Crippen LogP contribution < -0.4 is 4.74 Å². The van der Waals surface area contributed by atoms with E-state index in [0.717, 1.165) is 50.5 Å². The molecule has 4 rings (SSSR count). The molecule has 35 heavy (non-hydrogen) atoms. The molecule has 1 radical (unpaired) electrons. The first-order valence-corrected chi connectivity index (χ1v) is 20.0. The van der Waals surface area contributed by atoms with Gasteiger partial charge in [0.2, 0.25) is 0 Å². The van der Waals surface area contributed by atoms with E-state index in [0.29, 0.717) is 5.92 Å². The molecule has 3 nitrogen and oxygen atoms in total. The lowest BCUT2D eigenvalue weighted by Crippen LogP contribution is -2.53. The topological polar surface area (TPSA) is 38.7 Å². The second-order valence-electron chi connectivity index (χ2n) is 13.8. The first-order valence-electron chi connectivity index (χ1n) is 13.8. The third-order valence-corrected chi connectivity index (χ3v) is 14.1. The molecule has 4 atom stereocenters. The number of hydrogen-bond donors (Lipinski definition) is 1. The van der Waals surface area contributed by atoms with Crippen LogP contribution in [0.3, 0.4) is 0 Å². The molecule has 3 aliphatic carbocycles. The Labute approximate surface area is 217 Å². The Bertz CT molecular complexity index is 976. The van der Waals surface area contributed by atoms with E-state index in [1.54, 1.807) is 12.7 Å². The van der Waals surface area contributed by atoms with Crippen molar-refractivity contribution in [3.8, 4) is 5.75 Å². The number of aliphatic hydroxyl groups is 1. The van der Waals surface area contributed by atoms with E-state index in [9.17, 15) is 5.11 Å². The fraction of sp³-hybridized carbons (Fsp3) is 0.733. The maximum atomic E-state index is 12.7. The fourth-order valence-corrected chi connectivity index (χ4v) is 9.88. The largest absolute Gasteiger partial charge is 0.497 e. The first kappa shape index (κ1) is 27.2. The summed E-state index contributed by atoms with van der Waals surface area (Å²) >= 11 is 0. The monoisotopic (exact) mass is 513 g/mol. The lowest BCUT2D eigenvalue weighted by molar-refractivity contribution is -0.0801. The van der Waals surface area contributed by atoms with Crippen LogP contribution in [0.4, 0.5) is 0 Å². The summed E-state index contributed by atoms with van der Waals surface area (Å²) in [7, 11) is -0.258. The SMILES string of the molecule is CC[C@]12C[C@@](O)(C[Si](C)(C)C)C3=C(CCc4cc(OC)ccc43)[C@@H]1CC[C@@H]2OCC(C)(C)[Si](C)C. The van der Waals surface area contributed by atoms with Gasteiger partial charge >= 0.3 is 0 Å². The zero-order valence-electron chi connectivity index (χ0n) is 23.8. The zero-order valence-corrected chi connectivity index (χ0v) is 25.8. The molecule has 0 aliphatic heterocycles. The number of methoxy groups -OCH3 is 1. The van der Waals surface area contributed by atoms with Gasteiger partial charge in [-0.3, -0.25) is 0 Å². The van der Waals surface area contributed by atoms with Gasteiger partial charge in [-0.25, -0.2) is 0 Å². The molecule has 0 spiro atoms. The van der Waals surface area contributed by atoms with Crippen molar-refractivity contribution >= 4 is 22.4 Å². The van der Waals surface area contributed by atoms with Gasteiger partial charge in [0.15, 0.2) is 0 Å². The Balaban J connectivity index is 1.80. The van der Waals surface area contributed by atoms with E-state index in [-0.39, 0.29) is 16.6 Å². The minimum absolute atomic E-state index is 0.0433. The van der Waals surface area contributed by atoms with Gasteiger partial charge in [0.25, 0.3) is 0 Å². The Hall–Kier alpha value is -0.886. The summed E-state index contributed by atoms with van der Waals surface area (Å²) in [4.78, 5) is 0. The van der Waals surface area contributed by atoms with Crippen molar-refractivity contribution in [1.82, 2.24) is 0 Å². The van der Waals surface area contributed by atoms with Gasteiger partial charge in [-0.2, -0.15) is 0 Å². The van der Waals surface area contributed by atoms with Crippen molar-refractivity contribution < 1.29 is 14.6 Å². The highest BCUT2D eigenvalue weighted by molar-refractivity contribution is 6.76. The first-order chi connectivity index (χ1) is 16.3. The molecule has 1 N–H and O–H groups in total. The molecule has 3 aliphatic rings. The van der Waals surface area contributed by atoms with Crippen LogP contribution in [0.25, 0.3) is 5.57 Å². The van der Waals surface area contributed by atoms with Crippen molar-refractivity contribution in [2.75, 3.05) is 13.7 Å². The molecule has 0 saturated heterocycles. The van der Waals surface area contributed by atoms with Gasteiger partial charge in [-0.05, 0) is 84.4 Å². The quantitative estimate of drug-likeness (QED) is 0.364. The number of ether oxygens (including phenoxy) is 2. The second-order valence-corrected chi connectivity index (χ2v) is 22.6. The highest BCUT2D eigenvalue weighted by Gasteiger charge is 2.60. The van der Waals surface area contributed by atoms with Crippen LogP contribution in [-0.2, 0) is 11.2 Å². The molecule has 0 unspecified atom stereocenters. The minimum Gasteiger partial charge on any atom is -0.497 e. The molecule has 195 valence electrons. The van der Waals surface area contributed by atoms with E-state index in [1.807, 2.05) is 0 Å². The highest BCUT2D eigenvalue weighted by Crippen LogP contribution is 2.64. The van der Waals surface area contributed by atoms with Gasteiger partial charge in [0.05, 0.1) is 27.6 Å². The number of aryl methyl sites for hydroxylation is 1. The number of rotatable bonds is 8. The Kier molecular flexibility index (Phi) is 7.33. The second kappa shape index (κ2) is 9.45. The molecule has 0 bridgehead atoms. The average molecular weight is 514 g/mol. The lowest BCUT2D eigenvalue weighted by atomic mass is 9.56. The minimum atomic E-state index is -1.55. The average Bonchev–Trinajstić information content (AvgIpc) is 3.13. The van der Waals surface area contributed by atoms with Gasteiger partial charge in [-0.1, -0.05) is 65.1 Å². The lowest BCUT2D eigenvalue weighted by Gasteiger charge is -2.54. The van der Waals surface area contributed by atoms with Crippen LogP contribution in [0.15, 0.2) is 23.8 Å².